The fraction of sp³-hybridized carbons (Fsp3) is 0.800. The summed E-state index contributed by atoms with van der Waals surface area (Å²) in [6, 6.07) is 0. The molecule has 0 aliphatic heterocycles. The van der Waals surface area contributed by atoms with Gasteiger partial charge in [-0.3, -0.25) is 0 Å². The average molecular weight is 148 g/mol. The van der Waals surface area contributed by atoms with Crippen LogP contribution in [0.4, 0.5) is 0 Å². The zero-order valence-corrected chi connectivity index (χ0v) is 6.11. The fourth-order valence-corrected chi connectivity index (χ4v) is 0.911. The SMILES string of the molecule is CC(O[C]=O)SCCN. The minimum Gasteiger partial charge on any atom is -0.443 e. The van der Waals surface area contributed by atoms with E-state index in [0.717, 1.165) is 5.75 Å². The van der Waals surface area contributed by atoms with Crippen molar-refractivity contribution in [1.29, 1.82) is 0 Å². The molecule has 0 saturated heterocycles. The van der Waals surface area contributed by atoms with Crippen molar-refractivity contribution in [3.63, 3.8) is 0 Å². The van der Waals surface area contributed by atoms with Crippen LogP contribution in [0.3, 0.4) is 0 Å². The third-order valence-corrected chi connectivity index (χ3v) is 1.72. The van der Waals surface area contributed by atoms with Crippen molar-refractivity contribution in [2.45, 2.75) is 12.4 Å². The molecule has 0 amide bonds. The number of hydrogen-bond donors (Lipinski definition) is 1. The molecule has 0 heterocycles. The highest BCUT2D eigenvalue weighted by atomic mass is 32.2. The van der Waals surface area contributed by atoms with Crippen LogP contribution in [0.2, 0.25) is 0 Å². The molecule has 3 nitrogen and oxygen atoms in total. The Hall–Kier alpha value is -0.220. The second-order valence-corrected chi connectivity index (χ2v) is 2.83. The van der Waals surface area contributed by atoms with Crippen molar-refractivity contribution in [1.82, 2.24) is 0 Å². The molecular weight excluding hydrogens is 138 g/mol. The number of hydrogen-bond acceptors (Lipinski definition) is 4. The molecule has 9 heavy (non-hydrogen) atoms. The minimum absolute atomic E-state index is 0.119. The lowest BCUT2D eigenvalue weighted by Crippen LogP contribution is -2.07. The van der Waals surface area contributed by atoms with Crippen molar-refractivity contribution >= 4 is 18.2 Å². The van der Waals surface area contributed by atoms with Crippen LogP contribution < -0.4 is 5.73 Å². The van der Waals surface area contributed by atoms with Crippen LogP contribution in [0.15, 0.2) is 0 Å². The van der Waals surface area contributed by atoms with E-state index in [-0.39, 0.29) is 5.44 Å². The van der Waals surface area contributed by atoms with E-state index in [4.69, 9.17) is 5.73 Å². The number of ether oxygens (including phenoxy) is 1. The number of thioether (sulfide) groups is 1. The van der Waals surface area contributed by atoms with E-state index in [1.54, 1.807) is 6.92 Å². The highest BCUT2D eigenvalue weighted by molar-refractivity contribution is 7.99. The highest BCUT2D eigenvalue weighted by Crippen LogP contribution is 2.08. The predicted molar refractivity (Wildman–Crippen MR) is 37.8 cm³/mol. The molecule has 0 saturated carbocycles. The van der Waals surface area contributed by atoms with Crippen molar-refractivity contribution in [3.05, 3.63) is 0 Å². The maximum absolute atomic E-state index is 9.59. The maximum atomic E-state index is 9.59. The number of carbonyl (C=O) groups excluding carboxylic acids is 1. The Balaban J connectivity index is 3.04. The molecule has 1 atom stereocenters. The third kappa shape index (κ3) is 5.65. The number of rotatable bonds is 5. The van der Waals surface area contributed by atoms with Gasteiger partial charge in [-0.15, -0.1) is 11.8 Å². The van der Waals surface area contributed by atoms with Crippen LogP contribution in [0.25, 0.3) is 0 Å². The zero-order chi connectivity index (χ0) is 7.11. The molecule has 4 heteroatoms. The second-order valence-electron chi connectivity index (χ2n) is 1.43. The van der Waals surface area contributed by atoms with Gasteiger partial charge in [0.1, 0.15) is 5.44 Å². The van der Waals surface area contributed by atoms with E-state index in [2.05, 4.69) is 4.74 Å². The van der Waals surface area contributed by atoms with Gasteiger partial charge in [-0.25, -0.2) is 4.79 Å². The van der Waals surface area contributed by atoms with E-state index in [1.807, 2.05) is 0 Å². The second kappa shape index (κ2) is 5.91. The first-order valence-corrected chi connectivity index (χ1v) is 3.70. The monoisotopic (exact) mass is 148 g/mol. The molecule has 0 spiro atoms. The number of nitrogens with two attached hydrogens (primary N) is 1. The lowest BCUT2D eigenvalue weighted by atomic mass is 10.8. The van der Waals surface area contributed by atoms with Gasteiger partial charge >= 0.3 is 6.47 Å². The molecule has 1 radical (unpaired) electrons. The van der Waals surface area contributed by atoms with Crippen LogP contribution in [0.5, 0.6) is 0 Å². The van der Waals surface area contributed by atoms with Gasteiger partial charge in [0.05, 0.1) is 0 Å². The molecule has 0 aromatic carbocycles. The van der Waals surface area contributed by atoms with Gasteiger partial charge in [0.25, 0.3) is 0 Å². The largest absolute Gasteiger partial charge is 0.443 e. The van der Waals surface area contributed by atoms with E-state index >= 15 is 0 Å². The molecule has 0 aromatic rings. The molecule has 0 bridgehead atoms. The van der Waals surface area contributed by atoms with E-state index < -0.39 is 0 Å². The van der Waals surface area contributed by atoms with E-state index in [0.29, 0.717) is 6.54 Å². The van der Waals surface area contributed by atoms with Crippen molar-refractivity contribution in [2.75, 3.05) is 12.3 Å². The summed E-state index contributed by atoms with van der Waals surface area (Å²) in [4.78, 5) is 9.59. The molecule has 0 fully saturated rings. The van der Waals surface area contributed by atoms with Gasteiger partial charge in [-0.05, 0) is 6.92 Å². The first-order valence-electron chi connectivity index (χ1n) is 2.65. The molecule has 2 N–H and O–H groups in total. The van der Waals surface area contributed by atoms with Gasteiger partial charge in [-0.2, -0.15) is 0 Å². The summed E-state index contributed by atoms with van der Waals surface area (Å²) in [5.74, 6) is 0.808. The average Bonchev–Trinajstić information content (AvgIpc) is 1.85. The summed E-state index contributed by atoms with van der Waals surface area (Å²) in [6.45, 7) is 3.76. The van der Waals surface area contributed by atoms with Gasteiger partial charge in [0, 0.05) is 12.3 Å². The summed E-state index contributed by atoms with van der Waals surface area (Å²) in [6.07, 6.45) is 0. The van der Waals surface area contributed by atoms with Crippen LogP contribution in [0.1, 0.15) is 6.92 Å². The molecular formula is C5H10NO2S. The Kier molecular flexibility index (Phi) is 5.76. The van der Waals surface area contributed by atoms with Crippen molar-refractivity contribution in [3.8, 4) is 0 Å². The Morgan fingerprint density at radius 3 is 3.00 bits per heavy atom. The lowest BCUT2D eigenvalue weighted by Gasteiger charge is -2.05. The first kappa shape index (κ1) is 8.78. The molecule has 1 unspecified atom stereocenters. The Morgan fingerprint density at radius 2 is 2.56 bits per heavy atom. The lowest BCUT2D eigenvalue weighted by molar-refractivity contribution is 0.269. The molecule has 53 valence electrons. The fourth-order valence-electron chi connectivity index (χ4n) is 0.336. The summed E-state index contributed by atoms with van der Waals surface area (Å²) in [7, 11) is 0. The van der Waals surface area contributed by atoms with E-state index in [1.165, 1.54) is 18.2 Å². The molecule has 0 aliphatic rings. The third-order valence-electron chi connectivity index (χ3n) is 0.684. The zero-order valence-electron chi connectivity index (χ0n) is 5.29. The van der Waals surface area contributed by atoms with Gasteiger partial charge in [0.15, 0.2) is 0 Å². The highest BCUT2D eigenvalue weighted by Gasteiger charge is 1.99. The molecule has 0 aliphatic carbocycles. The van der Waals surface area contributed by atoms with Crippen LogP contribution in [-0.4, -0.2) is 24.2 Å². The van der Waals surface area contributed by atoms with E-state index in [9.17, 15) is 4.79 Å². The van der Waals surface area contributed by atoms with Gasteiger partial charge in [-0.1, -0.05) is 0 Å². The summed E-state index contributed by atoms with van der Waals surface area (Å²) < 4.78 is 4.45. The van der Waals surface area contributed by atoms with Crippen molar-refractivity contribution < 1.29 is 9.53 Å². The van der Waals surface area contributed by atoms with Gasteiger partial charge in [0.2, 0.25) is 0 Å². The minimum atomic E-state index is -0.119. The van der Waals surface area contributed by atoms with Gasteiger partial charge < -0.3 is 10.5 Å². The Labute approximate surface area is 58.9 Å². The topological polar surface area (TPSA) is 52.3 Å². The Bertz CT molecular complexity index is 79.4. The predicted octanol–water partition coefficient (Wildman–Crippen LogP) is 0.108. The quantitative estimate of drug-likeness (QED) is 0.562. The van der Waals surface area contributed by atoms with Crippen molar-refractivity contribution in [2.24, 2.45) is 5.73 Å². The molecule has 0 aromatic heterocycles. The standard InChI is InChI=1S/C5H10NO2S/c1-5(8-4-7)9-3-2-6/h5H,2-3,6H2,1H3. The maximum Gasteiger partial charge on any atom is 0.418 e. The van der Waals surface area contributed by atoms with Crippen LogP contribution in [-0.2, 0) is 9.53 Å². The smallest absolute Gasteiger partial charge is 0.418 e. The van der Waals surface area contributed by atoms with Crippen LogP contribution in [0, 0.1) is 0 Å². The first-order chi connectivity index (χ1) is 4.31. The summed E-state index contributed by atoms with van der Waals surface area (Å²) in [5.41, 5.74) is 5.08. The Morgan fingerprint density at radius 1 is 1.89 bits per heavy atom. The summed E-state index contributed by atoms with van der Waals surface area (Å²) in [5, 5.41) is 0. The molecule has 0 rings (SSSR count). The normalized spacial score (nSPS) is 12.7. The van der Waals surface area contributed by atoms with Crippen LogP contribution >= 0.6 is 11.8 Å². The summed E-state index contributed by atoms with van der Waals surface area (Å²) >= 11 is 1.49.